The van der Waals surface area contributed by atoms with Crippen molar-refractivity contribution in [3.8, 4) is 0 Å². The van der Waals surface area contributed by atoms with Crippen LogP contribution in [0, 0.1) is 10.1 Å². The number of nitro groups is 1. The summed E-state index contributed by atoms with van der Waals surface area (Å²) in [5.74, 6) is -0.201. The second-order valence-electron chi connectivity index (χ2n) is 2.80. The number of para-hydroxylation sites is 1. The Kier molecular flexibility index (Phi) is 4.23. The highest BCUT2D eigenvalue weighted by atomic mass is 79.9. The number of nitrogens with zero attached hydrogens (tertiary/aromatic N) is 1. The van der Waals surface area contributed by atoms with E-state index in [0.29, 0.717) is 5.56 Å². The molecule has 0 radical (unpaired) electrons. The first kappa shape index (κ1) is 11.6. The van der Waals surface area contributed by atoms with E-state index in [2.05, 4.69) is 21.2 Å². The number of hydrogen-bond donors (Lipinski definition) is 1. The van der Waals surface area contributed by atoms with Gasteiger partial charge in [0.25, 0.3) is 5.69 Å². The Balaban J connectivity index is 2.76. The van der Waals surface area contributed by atoms with Crippen molar-refractivity contribution in [1.82, 2.24) is 5.32 Å². The first-order chi connectivity index (χ1) is 7.15. The SMILES string of the molecule is O=C(CBr)NCc1ccccc1[N+](=O)[O-]. The lowest BCUT2D eigenvalue weighted by Crippen LogP contribution is -2.23. The van der Waals surface area contributed by atoms with Crippen LogP contribution >= 0.6 is 15.9 Å². The van der Waals surface area contributed by atoms with Crippen LogP contribution in [0.3, 0.4) is 0 Å². The van der Waals surface area contributed by atoms with Crippen LogP contribution in [0.4, 0.5) is 5.69 Å². The average Bonchev–Trinajstić information content (AvgIpc) is 2.26. The zero-order valence-corrected chi connectivity index (χ0v) is 9.36. The van der Waals surface area contributed by atoms with Crippen molar-refractivity contribution in [3.05, 3.63) is 39.9 Å². The van der Waals surface area contributed by atoms with E-state index in [1.54, 1.807) is 18.2 Å². The number of carbonyl (C=O) groups is 1. The lowest BCUT2D eigenvalue weighted by Gasteiger charge is -2.03. The number of halogens is 1. The number of hydrogen-bond acceptors (Lipinski definition) is 3. The molecular formula is C9H9BrN2O3. The molecule has 1 N–H and O–H groups in total. The molecule has 1 amide bonds. The van der Waals surface area contributed by atoms with Crippen LogP contribution in [-0.2, 0) is 11.3 Å². The fraction of sp³-hybridized carbons (Fsp3) is 0.222. The first-order valence-corrected chi connectivity index (χ1v) is 5.32. The second-order valence-corrected chi connectivity index (χ2v) is 3.36. The molecule has 0 aliphatic rings. The third-order valence-electron chi connectivity index (χ3n) is 1.79. The number of nitrogens with one attached hydrogen (secondary N) is 1. The van der Waals surface area contributed by atoms with Crippen molar-refractivity contribution in [2.75, 3.05) is 5.33 Å². The minimum Gasteiger partial charge on any atom is -0.351 e. The summed E-state index contributed by atoms with van der Waals surface area (Å²) in [6.45, 7) is 0.168. The molecule has 0 aliphatic heterocycles. The van der Waals surface area contributed by atoms with Crippen LogP contribution in [-0.4, -0.2) is 16.2 Å². The topological polar surface area (TPSA) is 72.2 Å². The maximum atomic E-state index is 10.9. The molecule has 0 aliphatic carbocycles. The Morgan fingerprint density at radius 3 is 2.73 bits per heavy atom. The number of amides is 1. The van der Waals surface area contributed by atoms with Crippen LogP contribution in [0.1, 0.15) is 5.56 Å². The van der Waals surface area contributed by atoms with Gasteiger partial charge in [-0.3, -0.25) is 14.9 Å². The Hall–Kier alpha value is -1.43. The molecular weight excluding hydrogens is 264 g/mol. The van der Waals surface area contributed by atoms with E-state index in [1.807, 2.05) is 0 Å². The van der Waals surface area contributed by atoms with Crippen molar-refractivity contribution in [2.45, 2.75) is 6.54 Å². The van der Waals surface area contributed by atoms with Gasteiger partial charge in [0.2, 0.25) is 5.91 Å². The summed E-state index contributed by atoms with van der Waals surface area (Å²) in [4.78, 5) is 21.1. The molecule has 0 heterocycles. The van der Waals surface area contributed by atoms with Gasteiger partial charge in [0, 0.05) is 18.2 Å². The molecule has 6 heteroatoms. The minimum atomic E-state index is -0.463. The van der Waals surface area contributed by atoms with Crippen molar-refractivity contribution in [1.29, 1.82) is 0 Å². The molecule has 0 unspecified atom stereocenters. The number of alkyl halides is 1. The third-order valence-corrected chi connectivity index (χ3v) is 2.29. The monoisotopic (exact) mass is 272 g/mol. The van der Waals surface area contributed by atoms with Gasteiger partial charge < -0.3 is 5.32 Å². The predicted octanol–water partition coefficient (Wildman–Crippen LogP) is 1.61. The van der Waals surface area contributed by atoms with Crippen LogP contribution < -0.4 is 5.32 Å². The van der Waals surface area contributed by atoms with E-state index in [0.717, 1.165) is 0 Å². The van der Waals surface area contributed by atoms with Gasteiger partial charge in [-0.25, -0.2) is 0 Å². The van der Waals surface area contributed by atoms with Gasteiger partial charge in [0.1, 0.15) is 0 Å². The Bertz CT molecular complexity index is 381. The van der Waals surface area contributed by atoms with Gasteiger partial charge in [0.15, 0.2) is 0 Å². The molecule has 15 heavy (non-hydrogen) atoms. The van der Waals surface area contributed by atoms with Crippen molar-refractivity contribution in [2.24, 2.45) is 0 Å². The quantitative estimate of drug-likeness (QED) is 0.514. The summed E-state index contributed by atoms with van der Waals surface area (Å²) in [5, 5.41) is 13.4. The molecule has 5 nitrogen and oxygen atoms in total. The Labute approximate surface area is 94.8 Å². The van der Waals surface area contributed by atoms with E-state index in [4.69, 9.17) is 0 Å². The fourth-order valence-corrected chi connectivity index (χ4v) is 1.28. The minimum absolute atomic E-state index is 0.0207. The summed E-state index contributed by atoms with van der Waals surface area (Å²) >= 11 is 2.99. The van der Waals surface area contributed by atoms with Gasteiger partial charge in [0.05, 0.1) is 10.3 Å². The van der Waals surface area contributed by atoms with Crippen molar-refractivity contribution >= 4 is 27.5 Å². The van der Waals surface area contributed by atoms with Gasteiger partial charge in [-0.2, -0.15) is 0 Å². The molecule has 1 aromatic rings. The highest BCUT2D eigenvalue weighted by Gasteiger charge is 2.12. The standard InChI is InChI=1S/C9H9BrN2O3/c10-5-9(13)11-6-7-3-1-2-4-8(7)12(14)15/h1-4H,5-6H2,(H,11,13). The molecule has 0 fully saturated rings. The Morgan fingerprint density at radius 1 is 1.47 bits per heavy atom. The maximum Gasteiger partial charge on any atom is 0.274 e. The summed E-state index contributed by atoms with van der Waals surface area (Å²) in [5.41, 5.74) is 0.518. The zero-order chi connectivity index (χ0) is 11.3. The normalized spacial score (nSPS) is 9.67. The van der Waals surface area contributed by atoms with Crippen LogP contribution in [0.15, 0.2) is 24.3 Å². The molecule has 0 spiro atoms. The van der Waals surface area contributed by atoms with E-state index in [1.165, 1.54) is 6.07 Å². The summed E-state index contributed by atoms with van der Waals surface area (Å²) in [6, 6.07) is 6.32. The number of nitro benzene ring substituents is 1. The summed E-state index contributed by atoms with van der Waals surface area (Å²) in [6.07, 6.45) is 0. The molecule has 0 atom stereocenters. The highest BCUT2D eigenvalue weighted by molar-refractivity contribution is 9.09. The number of carbonyl (C=O) groups excluding carboxylic acids is 1. The summed E-state index contributed by atoms with van der Waals surface area (Å²) < 4.78 is 0. The van der Waals surface area contributed by atoms with Gasteiger partial charge >= 0.3 is 0 Å². The van der Waals surface area contributed by atoms with Crippen LogP contribution in [0.25, 0.3) is 0 Å². The molecule has 0 saturated carbocycles. The van der Waals surface area contributed by atoms with Gasteiger partial charge in [-0.05, 0) is 0 Å². The molecule has 0 saturated heterocycles. The molecule has 0 aromatic heterocycles. The Morgan fingerprint density at radius 2 is 2.13 bits per heavy atom. The molecule has 1 rings (SSSR count). The molecule has 80 valence electrons. The van der Waals surface area contributed by atoms with E-state index in [-0.39, 0.29) is 23.5 Å². The third kappa shape index (κ3) is 3.32. The zero-order valence-electron chi connectivity index (χ0n) is 7.77. The second kappa shape index (κ2) is 5.45. The lowest BCUT2D eigenvalue weighted by molar-refractivity contribution is -0.385. The van der Waals surface area contributed by atoms with E-state index >= 15 is 0 Å². The lowest BCUT2D eigenvalue weighted by atomic mass is 10.2. The molecule has 1 aromatic carbocycles. The maximum absolute atomic E-state index is 10.9. The van der Waals surface area contributed by atoms with E-state index in [9.17, 15) is 14.9 Å². The largest absolute Gasteiger partial charge is 0.351 e. The van der Waals surface area contributed by atoms with Crippen molar-refractivity contribution in [3.63, 3.8) is 0 Å². The first-order valence-electron chi connectivity index (χ1n) is 4.20. The summed E-state index contributed by atoms with van der Waals surface area (Å²) in [7, 11) is 0. The smallest absolute Gasteiger partial charge is 0.274 e. The van der Waals surface area contributed by atoms with Crippen molar-refractivity contribution < 1.29 is 9.72 Å². The predicted molar refractivity (Wildman–Crippen MR) is 58.7 cm³/mol. The highest BCUT2D eigenvalue weighted by Crippen LogP contribution is 2.16. The van der Waals surface area contributed by atoms with E-state index < -0.39 is 4.92 Å². The fourth-order valence-electron chi connectivity index (χ4n) is 1.08. The van der Waals surface area contributed by atoms with Crippen LogP contribution in [0.2, 0.25) is 0 Å². The van der Waals surface area contributed by atoms with Gasteiger partial charge in [-0.1, -0.05) is 34.1 Å². The average molecular weight is 273 g/mol. The van der Waals surface area contributed by atoms with Gasteiger partial charge in [-0.15, -0.1) is 0 Å². The number of benzene rings is 1. The molecule has 0 bridgehead atoms. The van der Waals surface area contributed by atoms with Crippen LogP contribution in [0.5, 0.6) is 0 Å². The number of rotatable bonds is 4.